The molecule has 0 aliphatic rings. The van der Waals surface area contributed by atoms with Crippen LogP contribution in [0.5, 0.6) is 0 Å². The Morgan fingerprint density at radius 2 is 1.61 bits per heavy atom. The van der Waals surface area contributed by atoms with E-state index in [4.69, 9.17) is 0 Å². The van der Waals surface area contributed by atoms with Crippen LogP contribution in [0.1, 0.15) is 40.6 Å². The molecule has 1 N–H and O–H groups in total. The van der Waals surface area contributed by atoms with Gasteiger partial charge in [-0.25, -0.2) is 4.79 Å². The molecule has 0 saturated heterocycles. The van der Waals surface area contributed by atoms with Gasteiger partial charge in [0.05, 0.1) is 12.1 Å². The van der Waals surface area contributed by atoms with Gasteiger partial charge in [0, 0.05) is 28.5 Å². The molecule has 0 bridgehead atoms. The van der Waals surface area contributed by atoms with E-state index in [1.165, 1.54) is 17.0 Å². The van der Waals surface area contributed by atoms with E-state index in [0.29, 0.717) is 26.1 Å². The lowest BCUT2D eigenvalue weighted by atomic mass is 10.2. The highest BCUT2D eigenvalue weighted by atomic mass is 32.1. The molecule has 2 aromatic carbocycles. The van der Waals surface area contributed by atoms with E-state index in [1.54, 1.807) is 16.2 Å². The number of thiophene rings is 1. The van der Waals surface area contributed by atoms with Crippen LogP contribution in [0.15, 0.2) is 66.7 Å². The number of urea groups is 1. The Hall–Kier alpha value is -3.33. The van der Waals surface area contributed by atoms with Crippen molar-refractivity contribution in [2.75, 3.05) is 18.4 Å². The summed E-state index contributed by atoms with van der Waals surface area (Å²) in [7, 11) is 0. The third-order valence-corrected chi connectivity index (χ3v) is 6.56. The number of halogens is 3. The minimum absolute atomic E-state index is 0.135. The number of hydrogen-bond acceptors (Lipinski definition) is 3. The molecule has 36 heavy (non-hydrogen) atoms. The van der Waals surface area contributed by atoms with Crippen molar-refractivity contribution in [3.63, 3.8) is 0 Å². The highest BCUT2D eigenvalue weighted by Crippen LogP contribution is 2.30. The highest BCUT2D eigenvalue weighted by Gasteiger charge is 2.30. The standard InChI is InChI=1S/C27H30F3N3O2S/c1-3-4-16-32(26(35)31-23-13-11-22(12-14-23)27(28,29)30)19-25(34)33(17-21-8-6-5-7-9-21)18-24-15-10-20(2)36-24/h5-15H,3-4,16-19H2,1-2H3,(H,31,35). The Balaban J connectivity index is 1.74. The lowest BCUT2D eigenvalue weighted by molar-refractivity contribution is -0.137. The SMILES string of the molecule is CCCCN(CC(=O)N(Cc1ccccc1)Cc1ccc(C)s1)C(=O)Nc1ccc(C(F)(F)F)cc1. The van der Waals surface area contributed by atoms with E-state index in [-0.39, 0.29) is 18.1 Å². The van der Waals surface area contributed by atoms with Crippen LogP contribution < -0.4 is 5.32 Å². The zero-order valence-corrected chi connectivity index (χ0v) is 21.2. The highest BCUT2D eigenvalue weighted by molar-refractivity contribution is 7.11. The number of carbonyl (C=O) groups excluding carboxylic acids is 2. The summed E-state index contributed by atoms with van der Waals surface area (Å²) in [5, 5.41) is 2.63. The predicted octanol–water partition coefficient (Wildman–Crippen LogP) is 6.94. The average molecular weight is 518 g/mol. The van der Waals surface area contributed by atoms with Crippen molar-refractivity contribution >= 4 is 29.0 Å². The van der Waals surface area contributed by atoms with Gasteiger partial charge in [-0.3, -0.25) is 4.79 Å². The molecule has 1 heterocycles. The van der Waals surface area contributed by atoms with E-state index < -0.39 is 17.8 Å². The number of alkyl halides is 3. The maximum Gasteiger partial charge on any atom is 0.416 e. The number of carbonyl (C=O) groups is 2. The molecule has 0 saturated carbocycles. The van der Waals surface area contributed by atoms with Gasteiger partial charge in [-0.1, -0.05) is 43.7 Å². The van der Waals surface area contributed by atoms with Gasteiger partial charge in [0.15, 0.2) is 0 Å². The van der Waals surface area contributed by atoms with E-state index in [9.17, 15) is 22.8 Å². The molecule has 0 fully saturated rings. The lowest BCUT2D eigenvalue weighted by Crippen LogP contribution is -2.44. The van der Waals surface area contributed by atoms with Crippen LogP contribution in [0.25, 0.3) is 0 Å². The summed E-state index contributed by atoms with van der Waals surface area (Å²) in [4.78, 5) is 31.8. The average Bonchev–Trinajstić information content (AvgIpc) is 3.26. The molecule has 9 heteroatoms. The fourth-order valence-corrected chi connectivity index (χ4v) is 4.51. The van der Waals surface area contributed by atoms with Gasteiger partial charge in [-0.2, -0.15) is 13.2 Å². The van der Waals surface area contributed by atoms with Crippen LogP contribution >= 0.6 is 11.3 Å². The van der Waals surface area contributed by atoms with Gasteiger partial charge in [0.1, 0.15) is 6.54 Å². The Labute approximate surface area is 213 Å². The number of aryl methyl sites for hydroxylation is 1. The Morgan fingerprint density at radius 1 is 0.917 bits per heavy atom. The normalized spacial score (nSPS) is 11.2. The molecule has 0 radical (unpaired) electrons. The van der Waals surface area contributed by atoms with Crippen molar-refractivity contribution in [2.24, 2.45) is 0 Å². The van der Waals surface area contributed by atoms with Gasteiger partial charge in [-0.05, 0) is 55.3 Å². The van der Waals surface area contributed by atoms with Crippen LogP contribution in [-0.2, 0) is 24.1 Å². The summed E-state index contributed by atoms with van der Waals surface area (Å²) in [6.45, 7) is 5.03. The molecular weight excluding hydrogens is 487 g/mol. The number of hydrogen-bond donors (Lipinski definition) is 1. The third-order valence-electron chi connectivity index (χ3n) is 5.57. The molecule has 1 aromatic heterocycles. The first-order chi connectivity index (χ1) is 17.2. The predicted molar refractivity (Wildman–Crippen MR) is 137 cm³/mol. The molecule has 0 aliphatic heterocycles. The topological polar surface area (TPSA) is 52.7 Å². The van der Waals surface area contributed by atoms with Crippen LogP contribution in [0.2, 0.25) is 0 Å². The second kappa shape index (κ2) is 12.6. The fraction of sp³-hybridized carbons (Fsp3) is 0.333. The monoisotopic (exact) mass is 517 g/mol. The van der Waals surface area contributed by atoms with Gasteiger partial charge in [0.25, 0.3) is 0 Å². The number of amides is 3. The number of benzene rings is 2. The summed E-state index contributed by atoms with van der Waals surface area (Å²) in [5.74, 6) is -0.205. The minimum atomic E-state index is -4.45. The van der Waals surface area contributed by atoms with Crippen molar-refractivity contribution in [3.8, 4) is 0 Å². The fourth-order valence-electron chi connectivity index (χ4n) is 3.60. The quantitative estimate of drug-likeness (QED) is 0.317. The summed E-state index contributed by atoms with van der Waals surface area (Å²) in [6, 6.07) is 17.4. The van der Waals surface area contributed by atoms with E-state index in [1.807, 2.05) is 56.3 Å². The molecule has 0 atom stereocenters. The smallest absolute Gasteiger partial charge is 0.332 e. The van der Waals surface area contributed by atoms with Crippen molar-refractivity contribution in [2.45, 2.75) is 46.0 Å². The molecule has 3 aromatic rings. The maximum absolute atomic E-state index is 13.4. The molecule has 0 unspecified atom stereocenters. The van der Waals surface area contributed by atoms with E-state index in [2.05, 4.69) is 5.32 Å². The largest absolute Gasteiger partial charge is 0.416 e. The first kappa shape index (κ1) is 27.3. The zero-order chi connectivity index (χ0) is 26.1. The summed E-state index contributed by atoms with van der Waals surface area (Å²) in [5.41, 5.74) is 0.421. The van der Waals surface area contributed by atoms with Gasteiger partial charge < -0.3 is 15.1 Å². The summed E-state index contributed by atoms with van der Waals surface area (Å²) in [6.07, 6.45) is -2.94. The second-order valence-electron chi connectivity index (χ2n) is 8.53. The Kier molecular flexibility index (Phi) is 9.52. The van der Waals surface area contributed by atoms with Crippen LogP contribution in [0.3, 0.4) is 0 Å². The zero-order valence-electron chi connectivity index (χ0n) is 20.3. The number of anilines is 1. The van der Waals surface area contributed by atoms with Crippen LogP contribution in [0, 0.1) is 6.92 Å². The number of rotatable bonds is 10. The van der Waals surface area contributed by atoms with Gasteiger partial charge in [-0.15, -0.1) is 11.3 Å². The molecule has 3 amide bonds. The van der Waals surface area contributed by atoms with Gasteiger partial charge in [0.2, 0.25) is 5.91 Å². The molecule has 192 valence electrons. The maximum atomic E-state index is 13.4. The van der Waals surface area contributed by atoms with Crippen molar-refractivity contribution in [1.29, 1.82) is 0 Å². The first-order valence-corrected chi connectivity index (χ1v) is 12.6. The lowest BCUT2D eigenvalue weighted by Gasteiger charge is -2.28. The van der Waals surface area contributed by atoms with E-state index >= 15 is 0 Å². The third kappa shape index (κ3) is 8.12. The second-order valence-corrected chi connectivity index (χ2v) is 9.90. The summed E-state index contributed by atoms with van der Waals surface area (Å²) < 4.78 is 38.5. The molecule has 3 rings (SSSR count). The van der Waals surface area contributed by atoms with Crippen molar-refractivity contribution in [1.82, 2.24) is 9.80 Å². The summed E-state index contributed by atoms with van der Waals surface area (Å²) >= 11 is 1.62. The van der Waals surface area contributed by atoms with Crippen LogP contribution in [-0.4, -0.2) is 34.8 Å². The van der Waals surface area contributed by atoms with E-state index in [0.717, 1.165) is 33.9 Å². The first-order valence-electron chi connectivity index (χ1n) is 11.8. The van der Waals surface area contributed by atoms with Gasteiger partial charge >= 0.3 is 12.2 Å². The number of nitrogens with one attached hydrogen (secondary N) is 1. The molecule has 0 aliphatic carbocycles. The van der Waals surface area contributed by atoms with Crippen molar-refractivity contribution in [3.05, 3.63) is 87.6 Å². The molecule has 5 nitrogen and oxygen atoms in total. The minimum Gasteiger partial charge on any atom is -0.332 e. The Morgan fingerprint density at radius 3 is 2.19 bits per heavy atom. The molecule has 0 spiro atoms. The Bertz CT molecular complexity index is 1130. The van der Waals surface area contributed by atoms with Crippen LogP contribution in [0.4, 0.5) is 23.7 Å². The number of nitrogens with zero attached hydrogens (tertiary/aromatic N) is 2. The number of unbranched alkanes of at least 4 members (excludes halogenated alkanes) is 1. The molecular formula is C27H30F3N3O2S. The van der Waals surface area contributed by atoms with Crippen molar-refractivity contribution < 1.29 is 22.8 Å².